The number of hydrogen-bond donors (Lipinski definition) is 0. The third-order valence-electron chi connectivity index (χ3n) is 5.32. The molecule has 32 heavy (non-hydrogen) atoms. The minimum absolute atomic E-state index is 0.116. The molecule has 0 saturated carbocycles. The van der Waals surface area contributed by atoms with Gasteiger partial charge in [0.15, 0.2) is 5.60 Å². The number of aromatic nitrogens is 2. The molecule has 0 aliphatic rings. The van der Waals surface area contributed by atoms with Crippen LogP contribution < -0.4 is 9.47 Å². The van der Waals surface area contributed by atoms with Crippen molar-refractivity contribution >= 4 is 17.6 Å². The number of hydrogen-bond acceptors (Lipinski definition) is 6. The Labute approximate surface area is 192 Å². The molecule has 0 saturated heterocycles. The Bertz CT molecular complexity index is 1080. The summed E-state index contributed by atoms with van der Waals surface area (Å²) in [5.41, 5.74) is 1.87. The molecular formula is C24H27ClN2O5. The van der Waals surface area contributed by atoms with Crippen LogP contribution in [0.1, 0.15) is 26.0 Å². The number of para-hydroxylation sites is 1. The standard InChI is InChI=1S/C24H27ClN2O5/c1-6-24(2,23(28)31-5)32-15-17-13-22(16-11-18(29-3)14-19(12-16)30-4)27(26-17)21-10-8-7-9-20(21)25/h7-14H,6,15H2,1-5H3/t24-/m1/s1. The predicted molar refractivity (Wildman–Crippen MR) is 123 cm³/mol. The fourth-order valence-electron chi connectivity index (χ4n) is 3.22. The fraction of sp³-hybridized carbons (Fsp3) is 0.333. The van der Waals surface area contributed by atoms with Gasteiger partial charge in [-0.25, -0.2) is 9.48 Å². The van der Waals surface area contributed by atoms with Crippen molar-refractivity contribution in [1.29, 1.82) is 0 Å². The van der Waals surface area contributed by atoms with E-state index in [-0.39, 0.29) is 6.61 Å². The van der Waals surface area contributed by atoms with Gasteiger partial charge < -0.3 is 18.9 Å². The van der Waals surface area contributed by atoms with Crippen molar-refractivity contribution in [3.8, 4) is 28.4 Å². The summed E-state index contributed by atoms with van der Waals surface area (Å²) in [5.74, 6) is 0.866. The topological polar surface area (TPSA) is 71.8 Å². The number of carbonyl (C=O) groups excluding carboxylic acids is 1. The Morgan fingerprint density at radius 3 is 2.28 bits per heavy atom. The zero-order valence-corrected chi connectivity index (χ0v) is 19.6. The molecule has 0 aliphatic heterocycles. The van der Waals surface area contributed by atoms with E-state index in [9.17, 15) is 4.79 Å². The van der Waals surface area contributed by atoms with Gasteiger partial charge in [-0.3, -0.25) is 0 Å². The number of carbonyl (C=O) groups is 1. The summed E-state index contributed by atoms with van der Waals surface area (Å²) in [6.45, 7) is 3.69. The van der Waals surface area contributed by atoms with E-state index in [4.69, 9.17) is 35.6 Å². The molecule has 170 valence electrons. The van der Waals surface area contributed by atoms with Gasteiger partial charge in [-0.1, -0.05) is 30.7 Å². The number of ether oxygens (including phenoxy) is 4. The number of nitrogens with zero attached hydrogens (tertiary/aromatic N) is 2. The van der Waals surface area contributed by atoms with Crippen LogP contribution in [0.3, 0.4) is 0 Å². The van der Waals surface area contributed by atoms with Crippen LogP contribution in [-0.4, -0.2) is 42.7 Å². The van der Waals surface area contributed by atoms with Gasteiger partial charge in [0.1, 0.15) is 11.5 Å². The van der Waals surface area contributed by atoms with Crippen LogP contribution >= 0.6 is 11.6 Å². The molecule has 0 fully saturated rings. The molecule has 1 atom stereocenters. The highest BCUT2D eigenvalue weighted by atomic mass is 35.5. The van der Waals surface area contributed by atoms with E-state index in [1.54, 1.807) is 38.0 Å². The number of methoxy groups -OCH3 is 3. The lowest BCUT2D eigenvalue weighted by Gasteiger charge is -2.24. The lowest BCUT2D eigenvalue weighted by Crippen LogP contribution is -2.38. The first-order valence-electron chi connectivity index (χ1n) is 10.1. The predicted octanol–water partition coefficient (Wildman–Crippen LogP) is 5.07. The van der Waals surface area contributed by atoms with E-state index in [0.29, 0.717) is 34.3 Å². The van der Waals surface area contributed by atoms with Crippen LogP contribution in [0.2, 0.25) is 5.02 Å². The van der Waals surface area contributed by atoms with Crippen molar-refractivity contribution in [2.45, 2.75) is 32.5 Å². The number of halogens is 1. The summed E-state index contributed by atoms with van der Waals surface area (Å²) in [4.78, 5) is 12.2. The first-order chi connectivity index (χ1) is 15.3. The summed E-state index contributed by atoms with van der Waals surface area (Å²) in [6, 6.07) is 14.9. The molecule has 0 bridgehead atoms. The van der Waals surface area contributed by atoms with Gasteiger partial charge in [0, 0.05) is 11.6 Å². The van der Waals surface area contributed by atoms with Crippen LogP contribution in [0, 0.1) is 0 Å². The van der Waals surface area contributed by atoms with Crippen LogP contribution in [0.15, 0.2) is 48.5 Å². The Hall–Kier alpha value is -3.03. The molecule has 2 aromatic carbocycles. The molecule has 8 heteroatoms. The van der Waals surface area contributed by atoms with E-state index in [1.165, 1.54) is 7.11 Å². The van der Waals surface area contributed by atoms with Gasteiger partial charge in [-0.05, 0) is 43.7 Å². The number of benzene rings is 2. The van der Waals surface area contributed by atoms with Crippen molar-refractivity contribution < 1.29 is 23.7 Å². The van der Waals surface area contributed by atoms with Crippen molar-refractivity contribution in [2.24, 2.45) is 0 Å². The van der Waals surface area contributed by atoms with Gasteiger partial charge in [0.2, 0.25) is 0 Å². The Balaban J connectivity index is 2.08. The lowest BCUT2D eigenvalue weighted by atomic mass is 10.0. The Morgan fingerprint density at radius 1 is 1.06 bits per heavy atom. The van der Waals surface area contributed by atoms with Gasteiger partial charge >= 0.3 is 5.97 Å². The molecule has 0 spiro atoms. The molecule has 1 aromatic heterocycles. The average Bonchev–Trinajstić information content (AvgIpc) is 3.26. The maximum atomic E-state index is 12.2. The molecule has 7 nitrogen and oxygen atoms in total. The average molecular weight is 459 g/mol. The zero-order chi connectivity index (χ0) is 23.3. The molecule has 3 aromatic rings. The quantitative estimate of drug-likeness (QED) is 0.417. The molecule has 0 N–H and O–H groups in total. The van der Waals surface area contributed by atoms with E-state index >= 15 is 0 Å². The smallest absolute Gasteiger partial charge is 0.337 e. The number of rotatable bonds is 9. The first kappa shape index (κ1) is 23.6. The monoisotopic (exact) mass is 458 g/mol. The second-order valence-electron chi connectivity index (χ2n) is 7.35. The summed E-state index contributed by atoms with van der Waals surface area (Å²) in [7, 11) is 4.54. The second-order valence-corrected chi connectivity index (χ2v) is 7.76. The molecule has 0 radical (unpaired) electrons. The van der Waals surface area contributed by atoms with E-state index in [1.807, 2.05) is 43.3 Å². The molecule has 1 heterocycles. The summed E-state index contributed by atoms with van der Waals surface area (Å²) in [5, 5.41) is 5.27. The maximum Gasteiger partial charge on any atom is 0.337 e. The van der Waals surface area contributed by atoms with Gasteiger partial charge in [0.25, 0.3) is 0 Å². The largest absolute Gasteiger partial charge is 0.497 e. The van der Waals surface area contributed by atoms with Crippen molar-refractivity contribution in [3.05, 3.63) is 59.2 Å². The third kappa shape index (κ3) is 4.89. The highest BCUT2D eigenvalue weighted by Crippen LogP contribution is 2.33. The molecule has 0 amide bonds. The summed E-state index contributed by atoms with van der Waals surface area (Å²) < 4.78 is 23.4. The van der Waals surface area contributed by atoms with Gasteiger partial charge in [-0.2, -0.15) is 5.10 Å². The number of esters is 1. The normalized spacial score (nSPS) is 12.8. The molecular weight excluding hydrogens is 432 g/mol. The third-order valence-corrected chi connectivity index (χ3v) is 5.64. The Morgan fingerprint density at radius 2 is 1.72 bits per heavy atom. The van der Waals surface area contributed by atoms with E-state index in [2.05, 4.69) is 0 Å². The van der Waals surface area contributed by atoms with Crippen molar-refractivity contribution in [2.75, 3.05) is 21.3 Å². The zero-order valence-electron chi connectivity index (χ0n) is 18.8. The van der Waals surface area contributed by atoms with Crippen LogP contribution in [0.5, 0.6) is 11.5 Å². The Kier molecular flexibility index (Phi) is 7.43. The first-order valence-corrected chi connectivity index (χ1v) is 10.5. The van der Waals surface area contributed by atoms with E-state index < -0.39 is 11.6 Å². The highest BCUT2D eigenvalue weighted by Gasteiger charge is 2.34. The fourth-order valence-corrected chi connectivity index (χ4v) is 3.44. The maximum absolute atomic E-state index is 12.2. The minimum atomic E-state index is -1.07. The summed E-state index contributed by atoms with van der Waals surface area (Å²) in [6.07, 6.45) is 0.463. The molecule has 0 aliphatic carbocycles. The van der Waals surface area contributed by atoms with Crippen LogP contribution in [0.25, 0.3) is 16.9 Å². The lowest BCUT2D eigenvalue weighted by molar-refractivity contribution is -0.169. The highest BCUT2D eigenvalue weighted by molar-refractivity contribution is 6.32. The van der Waals surface area contributed by atoms with Crippen LogP contribution in [-0.2, 0) is 20.9 Å². The summed E-state index contributed by atoms with van der Waals surface area (Å²) >= 11 is 6.47. The van der Waals surface area contributed by atoms with Gasteiger partial charge in [-0.15, -0.1) is 0 Å². The molecule has 0 unspecified atom stereocenters. The molecule has 3 rings (SSSR count). The SMILES string of the molecule is CC[C@@](C)(OCc1cc(-c2cc(OC)cc(OC)c2)n(-c2ccccc2Cl)n1)C(=O)OC. The van der Waals surface area contributed by atoms with Crippen LogP contribution in [0.4, 0.5) is 0 Å². The van der Waals surface area contributed by atoms with Crippen molar-refractivity contribution in [1.82, 2.24) is 9.78 Å². The second kappa shape index (κ2) is 10.1. The van der Waals surface area contributed by atoms with Gasteiger partial charge in [0.05, 0.1) is 50.0 Å². The van der Waals surface area contributed by atoms with Crippen molar-refractivity contribution in [3.63, 3.8) is 0 Å². The van der Waals surface area contributed by atoms with E-state index in [0.717, 1.165) is 11.3 Å². The minimum Gasteiger partial charge on any atom is -0.497 e.